The van der Waals surface area contributed by atoms with Crippen molar-refractivity contribution in [1.82, 2.24) is 14.1 Å². The minimum absolute atomic E-state index is 0.0260. The number of amides is 1. The Morgan fingerprint density at radius 1 is 1.07 bits per heavy atom. The van der Waals surface area contributed by atoms with Crippen molar-refractivity contribution in [2.75, 3.05) is 53.6 Å². The highest BCUT2D eigenvalue weighted by Crippen LogP contribution is 2.31. The van der Waals surface area contributed by atoms with Crippen molar-refractivity contribution < 1.29 is 22.7 Å². The first-order chi connectivity index (χ1) is 14.3. The number of carbonyl (C=O) groups excluding carboxylic acids is 1. The number of hydrogen-bond donors (Lipinski definition) is 0. The lowest BCUT2D eigenvalue weighted by molar-refractivity contribution is 0.0357. The average Bonchev–Trinajstić information content (AvgIpc) is 2.73. The van der Waals surface area contributed by atoms with Crippen molar-refractivity contribution in [3.05, 3.63) is 29.3 Å². The predicted molar refractivity (Wildman–Crippen MR) is 114 cm³/mol. The van der Waals surface area contributed by atoms with Gasteiger partial charge in [-0.2, -0.15) is 4.31 Å². The molecule has 2 atom stereocenters. The fourth-order valence-corrected chi connectivity index (χ4v) is 5.98. The Morgan fingerprint density at radius 3 is 2.27 bits per heavy atom. The first-order valence-electron chi connectivity index (χ1n) is 10.2. The van der Waals surface area contributed by atoms with E-state index in [9.17, 15) is 13.2 Å². The molecular weight excluding hydrogens is 430 g/mol. The molecule has 1 aromatic carbocycles. The van der Waals surface area contributed by atoms with Crippen LogP contribution in [-0.4, -0.2) is 94.3 Å². The summed E-state index contributed by atoms with van der Waals surface area (Å²) in [6.45, 7) is 3.13. The molecule has 0 aromatic heterocycles. The molecule has 1 amide bonds. The lowest BCUT2D eigenvalue weighted by Gasteiger charge is -2.40. The Balaban J connectivity index is 1.75. The number of sulfonamides is 1. The van der Waals surface area contributed by atoms with Gasteiger partial charge in [0.05, 0.1) is 17.5 Å². The first-order valence-corrected chi connectivity index (χ1v) is 12.0. The summed E-state index contributed by atoms with van der Waals surface area (Å²) in [5.74, 6) is 0. The van der Waals surface area contributed by atoms with Crippen molar-refractivity contribution >= 4 is 27.7 Å². The zero-order valence-corrected chi connectivity index (χ0v) is 19.1. The van der Waals surface area contributed by atoms with E-state index in [1.165, 1.54) is 16.4 Å². The third-order valence-corrected chi connectivity index (χ3v) is 7.97. The first kappa shape index (κ1) is 23.3. The second kappa shape index (κ2) is 10.3. The maximum atomic E-state index is 13.4. The summed E-state index contributed by atoms with van der Waals surface area (Å²) in [7, 11) is -0.223. The molecule has 0 aliphatic carbocycles. The molecule has 2 heterocycles. The summed E-state index contributed by atoms with van der Waals surface area (Å²) in [5, 5.41) is 0.471. The van der Waals surface area contributed by atoms with E-state index < -0.39 is 16.1 Å². The number of piperazine rings is 1. The van der Waals surface area contributed by atoms with E-state index in [1.54, 1.807) is 24.1 Å². The van der Waals surface area contributed by atoms with Crippen LogP contribution in [0, 0.1) is 0 Å². The number of nitrogens with zero attached hydrogens (tertiary/aromatic N) is 3. The van der Waals surface area contributed by atoms with Crippen LogP contribution in [0.5, 0.6) is 0 Å². The van der Waals surface area contributed by atoms with Crippen LogP contribution < -0.4 is 0 Å². The number of likely N-dealkylation sites (N-methyl/N-ethyl adjacent to an activating group) is 1. The van der Waals surface area contributed by atoms with Crippen molar-refractivity contribution in [2.45, 2.75) is 36.2 Å². The smallest absolute Gasteiger partial charge is 0.409 e. The molecule has 0 N–H and O–H groups in total. The number of ether oxygens (including phenoxy) is 2. The fraction of sp³-hybridized carbons (Fsp3) is 0.650. The quantitative estimate of drug-likeness (QED) is 0.649. The molecule has 30 heavy (non-hydrogen) atoms. The number of carbonyl (C=O) groups is 1. The van der Waals surface area contributed by atoms with Crippen LogP contribution in [0.2, 0.25) is 5.02 Å². The number of benzene rings is 1. The molecule has 2 fully saturated rings. The monoisotopic (exact) mass is 459 g/mol. The van der Waals surface area contributed by atoms with Gasteiger partial charge >= 0.3 is 6.09 Å². The van der Waals surface area contributed by atoms with Gasteiger partial charge in [-0.1, -0.05) is 18.0 Å². The zero-order chi connectivity index (χ0) is 21.7. The van der Waals surface area contributed by atoms with Crippen LogP contribution in [0.1, 0.15) is 19.3 Å². The van der Waals surface area contributed by atoms with Crippen LogP contribution in [-0.2, 0) is 19.5 Å². The SMILES string of the molecule is COC[C@H]1CCC[C@@H](COC(=O)N2CCN(C)CC2)N1S(=O)(=O)c1ccc(Cl)cc1. The molecule has 0 saturated carbocycles. The van der Waals surface area contributed by atoms with Crippen LogP contribution in [0.3, 0.4) is 0 Å². The standard InChI is InChI=1S/C20H30ClN3O5S/c1-22-10-12-23(13-11-22)20(25)29-15-18-5-3-4-17(14-28-2)24(18)30(26,27)19-8-6-16(21)7-9-19/h6-9,17-18H,3-5,10-15H2,1-2H3/t17-,18+/m1/s1. The van der Waals surface area contributed by atoms with Gasteiger partial charge in [0.15, 0.2) is 0 Å². The van der Waals surface area contributed by atoms with Crippen LogP contribution in [0.25, 0.3) is 0 Å². The summed E-state index contributed by atoms with van der Waals surface area (Å²) in [6.07, 6.45) is 1.78. The largest absolute Gasteiger partial charge is 0.448 e. The minimum Gasteiger partial charge on any atom is -0.448 e. The van der Waals surface area contributed by atoms with Gasteiger partial charge in [0.25, 0.3) is 0 Å². The van der Waals surface area contributed by atoms with Crippen molar-refractivity contribution in [3.8, 4) is 0 Å². The van der Waals surface area contributed by atoms with Gasteiger partial charge < -0.3 is 19.3 Å². The van der Waals surface area contributed by atoms with Gasteiger partial charge in [-0.25, -0.2) is 13.2 Å². The number of halogens is 1. The molecule has 1 aromatic rings. The average molecular weight is 460 g/mol. The third-order valence-electron chi connectivity index (χ3n) is 5.70. The summed E-state index contributed by atoms with van der Waals surface area (Å²) in [6, 6.07) is 5.39. The highest BCUT2D eigenvalue weighted by atomic mass is 35.5. The molecule has 0 spiro atoms. The lowest BCUT2D eigenvalue weighted by atomic mass is 9.99. The Hall–Kier alpha value is -1.39. The van der Waals surface area contributed by atoms with E-state index >= 15 is 0 Å². The molecule has 3 rings (SSSR count). The lowest BCUT2D eigenvalue weighted by Crippen LogP contribution is -2.54. The summed E-state index contributed by atoms with van der Waals surface area (Å²) in [5.41, 5.74) is 0. The maximum Gasteiger partial charge on any atom is 0.409 e. The van der Waals surface area contributed by atoms with Crippen LogP contribution >= 0.6 is 11.6 Å². The van der Waals surface area contributed by atoms with Crippen LogP contribution in [0.15, 0.2) is 29.2 Å². The Kier molecular flexibility index (Phi) is 7.98. The van der Waals surface area contributed by atoms with Crippen molar-refractivity contribution in [3.63, 3.8) is 0 Å². The second-order valence-corrected chi connectivity index (χ2v) is 10.1. The fourth-order valence-electron chi connectivity index (χ4n) is 4.02. The van der Waals surface area contributed by atoms with Crippen molar-refractivity contribution in [1.29, 1.82) is 0 Å². The highest BCUT2D eigenvalue weighted by molar-refractivity contribution is 7.89. The molecule has 8 nitrogen and oxygen atoms in total. The summed E-state index contributed by atoms with van der Waals surface area (Å²) in [4.78, 5) is 16.5. The zero-order valence-electron chi connectivity index (χ0n) is 17.5. The normalized spacial score (nSPS) is 24.0. The molecular formula is C20H30ClN3O5S. The van der Waals surface area contributed by atoms with Gasteiger partial charge in [0, 0.05) is 44.4 Å². The number of rotatable bonds is 6. The minimum atomic E-state index is -3.80. The molecule has 168 valence electrons. The molecule has 0 unspecified atom stereocenters. The van der Waals surface area contributed by atoms with E-state index in [0.29, 0.717) is 31.0 Å². The number of hydrogen-bond acceptors (Lipinski definition) is 6. The van der Waals surface area contributed by atoms with E-state index in [0.717, 1.165) is 19.5 Å². The van der Waals surface area contributed by atoms with Gasteiger partial charge in [0.2, 0.25) is 10.0 Å². The third kappa shape index (κ3) is 5.45. The number of methoxy groups -OCH3 is 1. The van der Waals surface area contributed by atoms with E-state index in [2.05, 4.69) is 4.90 Å². The number of piperidine rings is 1. The van der Waals surface area contributed by atoms with Gasteiger partial charge in [0.1, 0.15) is 6.61 Å². The Labute approximate surface area is 183 Å². The second-order valence-electron chi connectivity index (χ2n) is 7.85. The molecule has 10 heteroatoms. The molecule has 0 bridgehead atoms. The molecule has 2 aliphatic rings. The van der Waals surface area contributed by atoms with Crippen LogP contribution in [0.4, 0.5) is 4.79 Å². The molecule has 0 radical (unpaired) electrons. The van der Waals surface area contributed by atoms with E-state index in [1.807, 2.05) is 7.05 Å². The van der Waals surface area contributed by atoms with Gasteiger partial charge in [-0.3, -0.25) is 0 Å². The molecule has 2 saturated heterocycles. The highest BCUT2D eigenvalue weighted by Gasteiger charge is 2.40. The topological polar surface area (TPSA) is 79.4 Å². The van der Waals surface area contributed by atoms with Crippen molar-refractivity contribution in [2.24, 2.45) is 0 Å². The van der Waals surface area contributed by atoms with E-state index in [4.69, 9.17) is 21.1 Å². The van der Waals surface area contributed by atoms with Gasteiger partial charge in [-0.05, 0) is 44.2 Å². The summed E-state index contributed by atoms with van der Waals surface area (Å²) < 4.78 is 39.2. The predicted octanol–water partition coefficient (Wildman–Crippen LogP) is 2.28. The molecule has 2 aliphatic heterocycles. The Bertz CT molecular complexity index is 810. The maximum absolute atomic E-state index is 13.4. The van der Waals surface area contributed by atoms with Gasteiger partial charge in [-0.15, -0.1) is 0 Å². The Morgan fingerprint density at radius 2 is 1.67 bits per heavy atom. The van der Waals surface area contributed by atoms with E-state index in [-0.39, 0.29) is 30.2 Å². The summed E-state index contributed by atoms with van der Waals surface area (Å²) >= 11 is 5.93.